The number of nitrogens with one attached hydrogen (secondary N) is 1. The van der Waals surface area contributed by atoms with Crippen LogP contribution in [0.25, 0.3) is 11.3 Å². The lowest BCUT2D eigenvalue weighted by atomic mass is 9.97. The molecule has 0 unspecified atom stereocenters. The fraction of sp³-hybridized carbons (Fsp3) is 0.333. The van der Waals surface area contributed by atoms with Crippen molar-refractivity contribution in [3.05, 3.63) is 41.3 Å². The van der Waals surface area contributed by atoms with Gasteiger partial charge in [-0.15, -0.1) is 0 Å². The van der Waals surface area contributed by atoms with Gasteiger partial charge in [-0.3, -0.25) is 4.79 Å². The highest BCUT2D eigenvalue weighted by molar-refractivity contribution is 5.70. The molecule has 0 bridgehead atoms. The minimum Gasteiger partial charge on any atom is -0.481 e. The zero-order valence-electron chi connectivity index (χ0n) is 11.4. The summed E-state index contributed by atoms with van der Waals surface area (Å²) in [6, 6.07) is 6.35. The van der Waals surface area contributed by atoms with Crippen LogP contribution in [0.3, 0.4) is 0 Å². The Morgan fingerprint density at radius 3 is 2.79 bits per heavy atom. The number of benzene rings is 1. The highest BCUT2D eigenvalue weighted by Gasteiger charge is 2.10. The first kappa shape index (κ1) is 13.3. The Balaban J connectivity index is 2.37. The summed E-state index contributed by atoms with van der Waals surface area (Å²) in [7, 11) is 0. The standard InChI is InChI=1S/C15H18N2O2/c1-9(2)11-5-4-10(3)12(6-11)13-8-16-14(17-13)7-15(18)19/h4-6,8-9H,7H2,1-3H3,(H,16,17)(H,18,19). The number of aliphatic carboxylic acids is 1. The van der Waals surface area contributed by atoms with E-state index >= 15 is 0 Å². The molecular weight excluding hydrogens is 240 g/mol. The van der Waals surface area contributed by atoms with Gasteiger partial charge < -0.3 is 10.1 Å². The summed E-state index contributed by atoms with van der Waals surface area (Å²) in [5.74, 6) is 0.0613. The Morgan fingerprint density at radius 2 is 2.16 bits per heavy atom. The maximum absolute atomic E-state index is 10.7. The molecule has 0 radical (unpaired) electrons. The molecule has 0 spiro atoms. The van der Waals surface area contributed by atoms with Gasteiger partial charge in [-0.05, 0) is 30.0 Å². The summed E-state index contributed by atoms with van der Waals surface area (Å²) >= 11 is 0. The van der Waals surface area contributed by atoms with Crippen molar-refractivity contribution in [1.82, 2.24) is 9.97 Å². The van der Waals surface area contributed by atoms with Crippen LogP contribution in [0.4, 0.5) is 0 Å². The first-order chi connectivity index (χ1) is 8.97. The molecule has 0 saturated carbocycles. The molecule has 2 rings (SSSR count). The van der Waals surface area contributed by atoms with E-state index in [1.54, 1.807) is 6.20 Å². The van der Waals surface area contributed by atoms with Gasteiger partial charge in [-0.2, -0.15) is 0 Å². The lowest BCUT2D eigenvalue weighted by Gasteiger charge is -2.10. The molecule has 4 nitrogen and oxygen atoms in total. The Morgan fingerprint density at radius 1 is 1.42 bits per heavy atom. The number of hydrogen-bond donors (Lipinski definition) is 2. The normalized spacial score (nSPS) is 10.9. The van der Waals surface area contributed by atoms with Crippen molar-refractivity contribution >= 4 is 5.97 Å². The lowest BCUT2D eigenvalue weighted by Crippen LogP contribution is -2.01. The molecule has 0 amide bonds. The number of rotatable bonds is 4. The summed E-state index contributed by atoms with van der Waals surface area (Å²) in [6.07, 6.45) is 1.62. The summed E-state index contributed by atoms with van der Waals surface area (Å²) in [4.78, 5) is 17.9. The van der Waals surface area contributed by atoms with Gasteiger partial charge in [0.05, 0.1) is 11.9 Å². The van der Waals surface area contributed by atoms with E-state index < -0.39 is 5.97 Å². The number of imidazole rings is 1. The van der Waals surface area contributed by atoms with E-state index in [1.807, 2.05) is 6.92 Å². The summed E-state index contributed by atoms with van der Waals surface area (Å²) in [5.41, 5.74) is 4.36. The second-order valence-electron chi connectivity index (χ2n) is 5.04. The number of carboxylic acids is 1. The Kier molecular flexibility index (Phi) is 3.69. The van der Waals surface area contributed by atoms with Crippen LogP contribution in [0.5, 0.6) is 0 Å². The molecular formula is C15H18N2O2. The molecule has 4 heteroatoms. The van der Waals surface area contributed by atoms with Gasteiger partial charge in [0.1, 0.15) is 12.2 Å². The molecule has 0 atom stereocenters. The quantitative estimate of drug-likeness (QED) is 0.885. The Bertz CT molecular complexity index is 600. The highest BCUT2D eigenvalue weighted by atomic mass is 16.4. The van der Waals surface area contributed by atoms with Crippen LogP contribution in [0, 0.1) is 6.92 Å². The van der Waals surface area contributed by atoms with Gasteiger partial charge in [-0.1, -0.05) is 26.0 Å². The molecule has 100 valence electrons. The largest absolute Gasteiger partial charge is 0.481 e. The first-order valence-corrected chi connectivity index (χ1v) is 6.34. The molecule has 0 saturated heterocycles. The van der Waals surface area contributed by atoms with E-state index in [-0.39, 0.29) is 6.42 Å². The molecule has 2 N–H and O–H groups in total. The molecule has 1 aromatic carbocycles. The average Bonchev–Trinajstić information content (AvgIpc) is 2.76. The molecule has 0 aliphatic heterocycles. The van der Waals surface area contributed by atoms with Crippen molar-refractivity contribution in [2.45, 2.75) is 33.1 Å². The number of aromatic nitrogens is 2. The fourth-order valence-corrected chi connectivity index (χ4v) is 2.02. The van der Waals surface area contributed by atoms with Crippen LogP contribution in [0.15, 0.2) is 24.4 Å². The molecule has 0 aliphatic rings. The van der Waals surface area contributed by atoms with Crippen LogP contribution < -0.4 is 0 Å². The van der Waals surface area contributed by atoms with Crippen LogP contribution in [0.2, 0.25) is 0 Å². The van der Waals surface area contributed by atoms with Gasteiger partial charge >= 0.3 is 5.97 Å². The number of aryl methyl sites for hydroxylation is 1. The van der Waals surface area contributed by atoms with Crippen LogP contribution >= 0.6 is 0 Å². The zero-order valence-corrected chi connectivity index (χ0v) is 11.4. The SMILES string of the molecule is Cc1ccc(C(C)C)cc1-c1cnc(CC(=O)O)[nH]1. The predicted molar refractivity (Wildman–Crippen MR) is 74.2 cm³/mol. The summed E-state index contributed by atoms with van der Waals surface area (Å²) in [5, 5.41) is 8.76. The third-order valence-corrected chi connectivity index (χ3v) is 3.17. The number of aromatic amines is 1. The van der Waals surface area contributed by atoms with Gasteiger partial charge in [0, 0.05) is 5.56 Å². The molecule has 1 aromatic heterocycles. The number of carbonyl (C=O) groups is 1. The van der Waals surface area contributed by atoms with Gasteiger partial charge in [-0.25, -0.2) is 4.98 Å². The van der Waals surface area contributed by atoms with Crippen molar-refractivity contribution in [1.29, 1.82) is 0 Å². The smallest absolute Gasteiger partial charge is 0.311 e. The van der Waals surface area contributed by atoms with E-state index in [0.29, 0.717) is 11.7 Å². The van der Waals surface area contributed by atoms with E-state index in [4.69, 9.17) is 5.11 Å². The maximum Gasteiger partial charge on any atom is 0.311 e. The lowest BCUT2D eigenvalue weighted by molar-refractivity contribution is -0.136. The predicted octanol–water partition coefficient (Wildman–Crippen LogP) is 3.14. The van der Waals surface area contributed by atoms with Gasteiger partial charge in [0.15, 0.2) is 0 Å². The minimum atomic E-state index is -0.881. The van der Waals surface area contributed by atoms with Crippen molar-refractivity contribution in [3.8, 4) is 11.3 Å². The van der Waals surface area contributed by atoms with Crippen molar-refractivity contribution in [2.24, 2.45) is 0 Å². The average molecular weight is 258 g/mol. The Labute approximate surface area is 112 Å². The van der Waals surface area contributed by atoms with Crippen LogP contribution in [-0.4, -0.2) is 21.0 Å². The maximum atomic E-state index is 10.7. The molecule has 1 heterocycles. The van der Waals surface area contributed by atoms with E-state index in [0.717, 1.165) is 16.8 Å². The van der Waals surface area contributed by atoms with Crippen LogP contribution in [0.1, 0.15) is 36.7 Å². The van der Waals surface area contributed by atoms with E-state index in [9.17, 15) is 4.79 Å². The van der Waals surface area contributed by atoms with Crippen molar-refractivity contribution in [2.75, 3.05) is 0 Å². The number of nitrogens with zero attached hydrogens (tertiary/aromatic N) is 1. The van der Waals surface area contributed by atoms with E-state index in [2.05, 4.69) is 42.0 Å². The minimum absolute atomic E-state index is 0.0804. The topological polar surface area (TPSA) is 66.0 Å². The highest BCUT2D eigenvalue weighted by Crippen LogP contribution is 2.26. The van der Waals surface area contributed by atoms with E-state index in [1.165, 1.54) is 5.56 Å². The number of hydrogen-bond acceptors (Lipinski definition) is 2. The zero-order chi connectivity index (χ0) is 14.0. The Hall–Kier alpha value is -2.10. The summed E-state index contributed by atoms with van der Waals surface area (Å²) < 4.78 is 0. The third kappa shape index (κ3) is 3.02. The third-order valence-electron chi connectivity index (χ3n) is 3.17. The first-order valence-electron chi connectivity index (χ1n) is 6.34. The summed E-state index contributed by atoms with van der Waals surface area (Å²) in [6.45, 7) is 6.34. The molecule has 0 fully saturated rings. The number of carboxylic acid groups (broad SMARTS) is 1. The molecule has 2 aromatic rings. The van der Waals surface area contributed by atoms with Gasteiger partial charge in [0.25, 0.3) is 0 Å². The second kappa shape index (κ2) is 5.26. The van der Waals surface area contributed by atoms with Crippen LogP contribution in [-0.2, 0) is 11.2 Å². The fourth-order valence-electron chi connectivity index (χ4n) is 2.02. The molecule has 19 heavy (non-hydrogen) atoms. The molecule has 0 aliphatic carbocycles. The van der Waals surface area contributed by atoms with Crippen molar-refractivity contribution in [3.63, 3.8) is 0 Å². The number of H-pyrrole nitrogens is 1. The van der Waals surface area contributed by atoms with Crippen molar-refractivity contribution < 1.29 is 9.90 Å². The monoisotopic (exact) mass is 258 g/mol. The van der Waals surface area contributed by atoms with Gasteiger partial charge in [0.2, 0.25) is 0 Å². The second-order valence-corrected chi connectivity index (χ2v) is 5.04.